The van der Waals surface area contributed by atoms with Crippen molar-refractivity contribution in [2.24, 2.45) is 0 Å². The summed E-state index contributed by atoms with van der Waals surface area (Å²) in [6.07, 6.45) is 0.548. The first-order valence-electron chi connectivity index (χ1n) is 9.57. The van der Waals surface area contributed by atoms with Gasteiger partial charge < -0.3 is 15.0 Å². The zero-order chi connectivity index (χ0) is 21.9. The van der Waals surface area contributed by atoms with Gasteiger partial charge in [-0.3, -0.25) is 9.59 Å². The molecule has 1 amide bonds. The summed E-state index contributed by atoms with van der Waals surface area (Å²) in [6, 6.07) is 13.7. The number of hydrogen-bond acceptors (Lipinski definition) is 4. The molecule has 0 bridgehead atoms. The number of nitrogens with one attached hydrogen (secondary N) is 1. The van der Waals surface area contributed by atoms with Gasteiger partial charge in [-0.25, -0.2) is 0 Å². The summed E-state index contributed by atoms with van der Waals surface area (Å²) in [5.74, 6) is -0.778. The molecular weight excluding hydrogens is 455 g/mol. The monoisotopic (exact) mass is 470 g/mol. The van der Waals surface area contributed by atoms with E-state index in [0.29, 0.717) is 15.6 Å². The Hall–Kier alpha value is -2.64. The molecule has 2 aromatic heterocycles. The van der Waals surface area contributed by atoms with Crippen molar-refractivity contribution in [1.29, 1.82) is 0 Å². The van der Waals surface area contributed by atoms with Gasteiger partial charge in [0, 0.05) is 21.6 Å². The third kappa shape index (κ3) is 3.27. The number of carbonyl (C=O) groups is 2. The summed E-state index contributed by atoms with van der Waals surface area (Å²) in [7, 11) is 0. The maximum absolute atomic E-state index is 13.4. The highest BCUT2D eigenvalue weighted by molar-refractivity contribution is 7.18. The van der Waals surface area contributed by atoms with E-state index in [4.69, 9.17) is 23.2 Å². The van der Waals surface area contributed by atoms with E-state index < -0.39 is 18.1 Å². The predicted molar refractivity (Wildman–Crippen MR) is 125 cm³/mol. The van der Waals surface area contributed by atoms with Gasteiger partial charge in [0.2, 0.25) is 5.78 Å². The maximum Gasteiger partial charge on any atom is 0.260 e. The van der Waals surface area contributed by atoms with Gasteiger partial charge in [-0.15, -0.1) is 11.3 Å². The van der Waals surface area contributed by atoms with E-state index in [9.17, 15) is 14.7 Å². The second-order valence-corrected chi connectivity index (χ2v) is 9.35. The zero-order valence-corrected chi connectivity index (χ0v) is 18.6. The number of hydrogen-bond donors (Lipinski definition) is 2. The fraction of sp³-hybridized carbons (Fsp3) is 0.130. The number of halogens is 2. The molecule has 1 aliphatic rings. The smallest absolute Gasteiger partial charge is 0.260 e. The Morgan fingerprint density at radius 2 is 1.94 bits per heavy atom. The highest BCUT2D eigenvalue weighted by Gasteiger charge is 2.42. The first-order chi connectivity index (χ1) is 14.8. The number of aliphatic hydroxyl groups excluding tert-OH is 1. The van der Waals surface area contributed by atoms with Crippen molar-refractivity contribution in [3.8, 4) is 10.4 Å². The standard InChI is InChI=1S/C23H16Cl2N2O3S/c1-11-20(28)21(29)22-18(27(11)23(30)15-4-3-14(24)9-16(15)25)10-19(31-22)13-2-5-17-12(8-13)6-7-26-17/h2-11,20,26,28H,1H3. The number of ketones is 1. The topological polar surface area (TPSA) is 73.4 Å². The molecule has 0 radical (unpaired) electrons. The summed E-state index contributed by atoms with van der Waals surface area (Å²) in [5, 5.41) is 12.2. The molecule has 8 heteroatoms. The summed E-state index contributed by atoms with van der Waals surface area (Å²) in [6.45, 7) is 1.65. The maximum atomic E-state index is 13.4. The number of aromatic nitrogens is 1. The first-order valence-corrected chi connectivity index (χ1v) is 11.1. The van der Waals surface area contributed by atoms with Crippen molar-refractivity contribution in [2.45, 2.75) is 19.1 Å². The highest BCUT2D eigenvalue weighted by Crippen LogP contribution is 2.43. The summed E-state index contributed by atoms with van der Waals surface area (Å²) in [5.41, 5.74) is 2.68. The van der Waals surface area contributed by atoms with Crippen LogP contribution in [-0.4, -0.2) is 33.9 Å². The van der Waals surface area contributed by atoms with Crippen molar-refractivity contribution < 1.29 is 14.7 Å². The molecule has 0 fully saturated rings. The Labute approximate surface area is 191 Å². The number of H-pyrrole nitrogens is 1. The van der Waals surface area contributed by atoms with E-state index in [1.807, 2.05) is 36.5 Å². The number of rotatable bonds is 2. The van der Waals surface area contributed by atoms with Crippen LogP contribution in [0.3, 0.4) is 0 Å². The van der Waals surface area contributed by atoms with Crippen LogP contribution in [0, 0.1) is 0 Å². The van der Waals surface area contributed by atoms with Gasteiger partial charge in [0.1, 0.15) is 6.10 Å². The van der Waals surface area contributed by atoms with Crippen LogP contribution in [0.15, 0.2) is 54.7 Å². The fourth-order valence-corrected chi connectivity index (χ4v) is 5.49. The number of anilines is 1. The van der Waals surface area contributed by atoms with Crippen molar-refractivity contribution in [3.05, 3.63) is 75.2 Å². The summed E-state index contributed by atoms with van der Waals surface area (Å²) >= 11 is 13.5. The van der Waals surface area contributed by atoms with E-state index in [2.05, 4.69) is 4.98 Å². The number of aliphatic hydroxyl groups is 1. The third-order valence-corrected chi connectivity index (χ3v) is 7.28. The van der Waals surface area contributed by atoms with Gasteiger partial charge in [0.05, 0.1) is 27.2 Å². The second-order valence-electron chi connectivity index (χ2n) is 7.45. The Morgan fingerprint density at radius 3 is 2.71 bits per heavy atom. The molecule has 0 spiro atoms. The fourth-order valence-electron chi connectivity index (χ4n) is 3.89. The Morgan fingerprint density at radius 1 is 1.13 bits per heavy atom. The van der Waals surface area contributed by atoms with Crippen molar-refractivity contribution in [2.75, 3.05) is 4.90 Å². The number of fused-ring (bicyclic) bond motifs is 2. The van der Waals surface area contributed by atoms with Gasteiger partial charge >= 0.3 is 0 Å². The van der Waals surface area contributed by atoms with Crippen LogP contribution in [-0.2, 0) is 0 Å². The predicted octanol–water partition coefficient (Wildman–Crippen LogP) is 5.80. The van der Waals surface area contributed by atoms with E-state index in [1.165, 1.54) is 22.3 Å². The first kappa shape index (κ1) is 20.3. The zero-order valence-electron chi connectivity index (χ0n) is 16.2. The van der Waals surface area contributed by atoms with Crippen molar-refractivity contribution in [3.63, 3.8) is 0 Å². The van der Waals surface area contributed by atoms with Gasteiger partial charge in [0.25, 0.3) is 5.91 Å². The molecule has 31 heavy (non-hydrogen) atoms. The number of nitrogens with zero attached hydrogens (tertiary/aromatic N) is 1. The van der Waals surface area contributed by atoms with Crippen LogP contribution in [0.4, 0.5) is 5.69 Å². The minimum absolute atomic E-state index is 0.214. The number of amides is 1. The Balaban J connectivity index is 1.63. The number of carbonyl (C=O) groups excluding carboxylic acids is 2. The molecule has 2 unspecified atom stereocenters. The highest BCUT2D eigenvalue weighted by atomic mass is 35.5. The lowest BCUT2D eigenvalue weighted by Gasteiger charge is -2.35. The van der Waals surface area contributed by atoms with E-state index in [0.717, 1.165) is 21.3 Å². The lowest BCUT2D eigenvalue weighted by Crippen LogP contribution is -2.52. The molecule has 0 saturated heterocycles. The molecule has 4 aromatic rings. The second kappa shape index (κ2) is 7.50. The lowest BCUT2D eigenvalue weighted by molar-refractivity contribution is 0.0669. The van der Waals surface area contributed by atoms with Gasteiger partial charge in [-0.2, -0.15) is 0 Å². The van der Waals surface area contributed by atoms with Gasteiger partial charge in [-0.1, -0.05) is 29.3 Å². The number of benzene rings is 2. The van der Waals surface area contributed by atoms with Crippen LogP contribution < -0.4 is 4.90 Å². The Kier molecular flexibility index (Phi) is 4.90. The van der Waals surface area contributed by atoms with Crippen LogP contribution >= 0.6 is 34.5 Å². The van der Waals surface area contributed by atoms with Crippen LogP contribution in [0.1, 0.15) is 27.0 Å². The molecule has 2 N–H and O–H groups in total. The molecule has 1 aliphatic heterocycles. The molecule has 156 valence electrons. The number of aromatic amines is 1. The summed E-state index contributed by atoms with van der Waals surface area (Å²) in [4.78, 5) is 32.0. The molecule has 3 heterocycles. The van der Waals surface area contributed by atoms with E-state index >= 15 is 0 Å². The average molecular weight is 471 g/mol. The third-order valence-electron chi connectivity index (χ3n) is 5.55. The van der Waals surface area contributed by atoms with Crippen LogP contribution in [0.25, 0.3) is 21.3 Å². The molecule has 0 saturated carbocycles. The molecule has 2 aromatic carbocycles. The normalized spacial score (nSPS) is 18.5. The lowest BCUT2D eigenvalue weighted by atomic mass is 9.97. The largest absolute Gasteiger partial charge is 0.383 e. The minimum Gasteiger partial charge on any atom is -0.383 e. The minimum atomic E-state index is -1.32. The summed E-state index contributed by atoms with van der Waals surface area (Å²) < 4.78 is 0. The van der Waals surface area contributed by atoms with Crippen molar-refractivity contribution in [1.82, 2.24) is 4.98 Å². The quantitative estimate of drug-likeness (QED) is 0.388. The van der Waals surface area contributed by atoms with Crippen LogP contribution in [0.2, 0.25) is 10.0 Å². The molecule has 2 atom stereocenters. The van der Waals surface area contributed by atoms with E-state index in [1.54, 1.807) is 19.1 Å². The van der Waals surface area contributed by atoms with Gasteiger partial charge in [0.15, 0.2) is 0 Å². The van der Waals surface area contributed by atoms with Crippen LogP contribution in [0.5, 0.6) is 0 Å². The number of thiophene rings is 1. The van der Waals surface area contributed by atoms with Crippen molar-refractivity contribution >= 4 is 62.8 Å². The van der Waals surface area contributed by atoms with E-state index in [-0.39, 0.29) is 16.4 Å². The number of Topliss-reactive ketones (excluding diaryl/α,β-unsaturated/α-hetero) is 1. The molecular formula is C23H16Cl2N2O3S. The molecule has 5 nitrogen and oxygen atoms in total. The van der Waals surface area contributed by atoms with Gasteiger partial charge in [-0.05, 0) is 60.3 Å². The molecule has 5 rings (SSSR count). The average Bonchev–Trinajstić information content (AvgIpc) is 3.38. The Bertz CT molecular complexity index is 1360. The molecule has 0 aliphatic carbocycles. The SMILES string of the molecule is CC1C(O)C(=O)c2sc(-c3ccc4[nH]ccc4c3)cc2N1C(=O)c1ccc(Cl)cc1Cl.